The van der Waals surface area contributed by atoms with Crippen molar-refractivity contribution in [2.75, 3.05) is 11.9 Å². The quantitative estimate of drug-likeness (QED) is 0.800. The average Bonchev–Trinajstić information content (AvgIpc) is 2.46. The average molecular weight is 303 g/mol. The van der Waals surface area contributed by atoms with Gasteiger partial charge in [-0.1, -0.05) is 41.9 Å². The van der Waals surface area contributed by atoms with E-state index in [-0.39, 0.29) is 5.91 Å². The molecule has 0 atom stereocenters. The molecule has 0 aliphatic rings. The molecule has 0 bridgehead atoms. The van der Waals surface area contributed by atoms with Gasteiger partial charge in [-0.3, -0.25) is 4.79 Å². The fourth-order valence-corrected chi connectivity index (χ4v) is 2.22. The molecule has 0 spiro atoms. The van der Waals surface area contributed by atoms with Gasteiger partial charge in [-0.15, -0.1) is 0 Å². The van der Waals surface area contributed by atoms with E-state index in [0.29, 0.717) is 0 Å². The van der Waals surface area contributed by atoms with E-state index >= 15 is 0 Å². The summed E-state index contributed by atoms with van der Waals surface area (Å²) in [4.78, 5) is 11.2. The first-order valence-electron chi connectivity index (χ1n) is 6.96. The predicted octanol–water partition coefficient (Wildman–Crippen LogP) is 3.63. The highest BCUT2D eigenvalue weighted by molar-refractivity contribution is 6.30. The fourth-order valence-electron chi connectivity index (χ4n) is 2.09. The van der Waals surface area contributed by atoms with Crippen LogP contribution in [0.3, 0.4) is 0 Å². The van der Waals surface area contributed by atoms with Crippen molar-refractivity contribution >= 4 is 23.2 Å². The van der Waals surface area contributed by atoms with Gasteiger partial charge in [0.05, 0.1) is 0 Å². The molecule has 0 aromatic heterocycles. The number of benzene rings is 2. The molecule has 21 heavy (non-hydrogen) atoms. The molecule has 110 valence electrons. The van der Waals surface area contributed by atoms with Crippen LogP contribution in [-0.2, 0) is 17.8 Å². The Hall–Kier alpha value is -1.84. The number of halogens is 1. The number of hydrogen-bond donors (Lipinski definition) is 2. The van der Waals surface area contributed by atoms with Gasteiger partial charge < -0.3 is 10.6 Å². The second kappa shape index (κ2) is 7.81. The van der Waals surface area contributed by atoms with Crippen molar-refractivity contribution < 1.29 is 4.79 Å². The Morgan fingerprint density at radius 2 is 1.81 bits per heavy atom. The van der Waals surface area contributed by atoms with Crippen molar-refractivity contribution in [3.8, 4) is 0 Å². The highest BCUT2D eigenvalue weighted by Gasteiger charge is 2.02. The minimum Gasteiger partial charge on any atom is -0.326 e. The summed E-state index contributed by atoms with van der Waals surface area (Å²) in [7, 11) is 0. The third-order valence-electron chi connectivity index (χ3n) is 3.15. The third-order valence-corrected chi connectivity index (χ3v) is 3.40. The van der Waals surface area contributed by atoms with Crippen molar-refractivity contribution in [1.82, 2.24) is 5.32 Å². The van der Waals surface area contributed by atoms with Gasteiger partial charge in [-0.25, -0.2) is 0 Å². The number of hydrogen-bond acceptors (Lipinski definition) is 2. The van der Waals surface area contributed by atoms with Crippen LogP contribution in [0.5, 0.6) is 0 Å². The van der Waals surface area contributed by atoms with E-state index in [2.05, 4.69) is 10.6 Å². The predicted molar refractivity (Wildman–Crippen MR) is 87.6 cm³/mol. The Labute approximate surface area is 130 Å². The maximum absolute atomic E-state index is 11.2. The summed E-state index contributed by atoms with van der Waals surface area (Å²) in [5.74, 6) is -0.0522. The highest BCUT2D eigenvalue weighted by atomic mass is 35.5. The molecule has 2 rings (SSSR count). The number of anilines is 1. The number of carbonyl (C=O) groups excluding carboxylic acids is 1. The Kier molecular flexibility index (Phi) is 5.78. The number of nitrogens with one attached hydrogen (secondary N) is 2. The van der Waals surface area contributed by atoms with E-state index in [1.165, 1.54) is 12.5 Å². The third kappa shape index (κ3) is 5.21. The molecule has 3 nitrogen and oxygen atoms in total. The van der Waals surface area contributed by atoms with Crippen LogP contribution in [0.4, 0.5) is 5.69 Å². The van der Waals surface area contributed by atoms with Gasteiger partial charge in [0.15, 0.2) is 0 Å². The lowest BCUT2D eigenvalue weighted by Crippen LogP contribution is -2.18. The first-order valence-corrected chi connectivity index (χ1v) is 7.33. The van der Waals surface area contributed by atoms with Crippen LogP contribution in [0.2, 0.25) is 5.02 Å². The molecule has 0 aliphatic carbocycles. The van der Waals surface area contributed by atoms with Crippen LogP contribution in [0.25, 0.3) is 0 Å². The van der Waals surface area contributed by atoms with Gasteiger partial charge in [0.1, 0.15) is 0 Å². The fraction of sp³-hybridized carbons (Fsp3) is 0.235. The maximum atomic E-state index is 11.2. The van der Waals surface area contributed by atoms with E-state index in [1.54, 1.807) is 0 Å². The van der Waals surface area contributed by atoms with Crippen molar-refractivity contribution in [2.45, 2.75) is 19.9 Å². The van der Waals surface area contributed by atoms with Gasteiger partial charge in [-0.05, 0) is 42.3 Å². The maximum Gasteiger partial charge on any atom is 0.221 e. The summed E-state index contributed by atoms with van der Waals surface area (Å²) in [5.41, 5.74) is 3.20. The number of para-hydroxylation sites is 1. The van der Waals surface area contributed by atoms with Crippen molar-refractivity contribution in [1.29, 1.82) is 0 Å². The number of carbonyl (C=O) groups is 1. The molecule has 0 saturated heterocycles. The molecular weight excluding hydrogens is 284 g/mol. The summed E-state index contributed by atoms with van der Waals surface area (Å²) in [6.07, 6.45) is 0.944. The SMILES string of the molecule is CC(=O)Nc1ccccc1CNCCc1ccc(Cl)cc1. The van der Waals surface area contributed by atoms with Crippen LogP contribution in [0.1, 0.15) is 18.1 Å². The van der Waals surface area contributed by atoms with Crippen LogP contribution in [0, 0.1) is 0 Å². The molecule has 0 unspecified atom stereocenters. The molecule has 2 aromatic carbocycles. The Morgan fingerprint density at radius 1 is 1.10 bits per heavy atom. The normalized spacial score (nSPS) is 10.4. The molecule has 4 heteroatoms. The van der Waals surface area contributed by atoms with E-state index in [1.807, 2.05) is 48.5 Å². The first-order chi connectivity index (χ1) is 10.1. The number of amides is 1. The molecule has 1 amide bonds. The van der Waals surface area contributed by atoms with E-state index in [9.17, 15) is 4.79 Å². The molecule has 0 radical (unpaired) electrons. The van der Waals surface area contributed by atoms with Crippen LogP contribution < -0.4 is 10.6 Å². The van der Waals surface area contributed by atoms with Crippen LogP contribution in [-0.4, -0.2) is 12.5 Å². The Bertz CT molecular complexity index is 596. The van der Waals surface area contributed by atoms with E-state index in [4.69, 9.17) is 11.6 Å². The Morgan fingerprint density at radius 3 is 2.52 bits per heavy atom. The minimum absolute atomic E-state index is 0.0522. The highest BCUT2D eigenvalue weighted by Crippen LogP contribution is 2.14. The van der Waals surface area contributed by atoms with E-state index < -0.39 is 0 Å². The van der Waals surface area contributed by atoms with Crippen LogP contribution >= 0.6 is 11.6 Å². The summed E-state index contributed by atoms with van der Waals surface area (Å²) in [6, 6.07) is 15.7. The molecule has 2 N–H and O–H groups in total. The molecule has 2 aromatic rings. The lowest BCUT2D eigenvalue weighted by Gasteiger charge is -2.11. The zero-order valence-electron chi connectivity index (χ0n) is 12.0. The first kappa shape index (κ1) is 15.5. The smallest absolute Gasteiger partial charge is 0.221 e. The van der Waals surface area contributed by atoms with Gasteiger partial charge in [0, 0.05) is 24.2 Å². The zero-order valence-corrected chi connectivity index (χ0v) is 12.8. The van der Waals surface area contributed by atoms with Gasteiger partial charge in [0.2, 0.25) is 5.91 Å². The standard InChI is InChI=1S/C17H19ClN2O/c1-13(21)20-17-5-3-2-4-15(17)12-19-11-10-14-6-8-16(18)9-7-14/h2-9,19H,10-12H2,1H3,(H,20,21). The summed E-state index contributed by atoms with van der Waals surface area (Å²) in [6.45, 7) is 3.12. The molecular formula is C17H19ClN2O. The number of rotatable bonds is 6. The van der Waals surface area contributed by atoms with Crippen LogP contribution in [0.15, 0.2) is 48.5 Å². The van der Waals surface area contributed by atoms with E-state index in [0.717, 1.165) is 35.8 Å². The van der Waals surface area contributed by atoms with Gasteiger partial charge in [0.25, 0.3) is 0 Å². The lowest BCUT2D eigenvalue weighted by molar-refractivity contribution is -0.114. The second-order valence-corrected chi connectivity index (χ2v) is 5.33. The molecule has 0 saturated carbocycles. The van der Waals surface area contributed by atoms with Crippen molar-refractivity contribution in [3.63, 3.8) is 0 Å². The topological polar surface area (TPSA) is 41.1 Å². The molecule has 0 fully saturated rings. The second-order valence-electron chi connectivity index (χ2n) is 4.89. The molecule has 0 aliphatic heterocycles. The lowest BCUT2D eigenvalue weighted by atomic mass is 10.1. The van der Waals surface area contributed by atoms with Gasteiger partial charge in [-0.2, -0.15) is 0 Å². The van der Waals surface area contributed by atoms with Crippen molar-refractivity contribution in [2.24, 2.45) is 0 Å². The Balaban J connectivity index is 1.83. The minimum atomic E-state index is -0.0522. The van der Waals surface area contributed by atoms with Gasteiger partial charge >= 0.3 is 0 Å². The summed E-state index contributed by atoms with van der Waals surface area (Å²) in [5, 5.41) is 7.00. The van der Waals surface area contributed by atoms with Crippen molar-refractivity contribution in [3.05, 3.63) is 64.7 Å². The molecule has 0 heterocycles. The summed E-state index contributed by atoms with van der Waals surface area (Å²) < 4.78 is 0. The monoisotopic (exact) mass is 302 g/mol. The summed E-state index contributed by atoms with van der Waals surface area (Å²) >= 11 is 5.86. The largest absolute Gasteiger partial charge is 0.326 e. The zero-order chi connectivity index (χ0) is 15.1.